The number of aryl methyl sites for hydroxylation is 1. The Balaban J connectivity index is 2.03. The van der Waals surface area contributed by atoms with E-state index in [4.69, 9.17) is 5.73 Å². The molecule has 0 fully saturated rings. The van der Waals surface area contributed by atoms with Crippen LogP contribution in [-0.2, 0) is 13.0 Å². The van der Waals surface area contributed by atoms with Gasteiger partial charge in [-0.1, -0.05) is 6.92 Å². The summed E-state index contributed by atoms with van der Waals surface area (Å²) in [5.41, 5.74) is 6.04. The highest BCUT2D eigenvalue weighted by molar-refractivity contribution is 9.10. The van der Waals surface area contributed by atoms with Gasteiger partial charge in [0.2, 0.25) is 0 Å². The molecular weight excluding hydrogens is 328 g/mol. The van der Waals surface area contributed by atoms with Gasteiger partial charge >= 0.3 is 0 Å². The highest BCUT2D eigenvalue weighted by Gasteiger charge is 2.11. The Morgan fingerprint density at radius 2 is 2.26 bits per heavy atom. The van der Waals surface area contributed by atoms with Crippen molar-refractivity contribution >= 4 is 39.0 Å². The number of aromatic nitrogens is 2. The molecule has 2 rings (SSSR count). The average molecular weight is 341 g/mol. The molecular formula is C12H13BrN4OS. The maximum atomic E-state index is 12.0. The zero-order valence-corrected chi connectivity index (χ0v) is 12.7. The molecule has 0 unspecified atom stereocenters. The third kappa shape index (κ3) is 3.51. The van der Waals surface area contributed by atoms with Crippen molar-refractivity contribution in [2.75, 3.05) is 5.73 Å². The SMILES string of the molecule is CCc1cnc(CNC(=O)c2cc(Br)cnc2N)s1. The topological polar surface area (TPSA) is 80.9 Å². The van der Waals surface area contributed by atoms with E-state index in [2.05, 4.69) is 38.1 Å². The number of nitrogen functional groups attached to an aromatic ring is 1. The number of thiazole rings is 1. The van der Waals surface area contributed by atoms with Crippen molar-refractivity contribution in [1.29, 1.82) is 0 Å². The van der Waals surface area contributed by atoms with E-state index in [9.17, 15) is 4.79 Å². The standard InChI is InChI=1S/C12H13BrN4OS/c1-2-8-5-15-10(19-8)6-17-12(18)9-3-7(13)4-16-11(9)14/h3-5H,2,6H2,1H3,(H2,14,16)(H,17,18). The molecule has 0 saturated heterocycles. The van der Waals surface area contributed by atoms with E-state index < -0.39 is 0 Å². The predicted octanol–water partition coefficient (Wildman–Crippen LogP) is 2.38. The number of nitrogens with one attached hydrogen (secondary N) is 1. The van der Waals surface area contributed by atoms with Gasteiger partial charge in [0, 0.05) is 21.7 Å². The van der Waals surface area contributed by atoms with E-state index in [0.717, 1.165) is 15.9 Å². The number of hydrogen-bond donors (Lipinski definition) is 2. The summed E-state index contributed by atoms with van der Waals surface area (Å²) in [7, 11) is 0. The van der Waals surface area contributed by atoms with Gasteiger partial charge in [0.1, 0.15) is 10.8 Å². The maximum absolute atomic E-state index is 12.0. The third-order valence-corrected chi connectivity index (χ3v) is 4.06. The first kappa shape index (κ1) is 14.0. The molecule has 7 heteroatoms. The fraction of sp³-hybridized carbons (Fsp3) is 0.250. The molecule has 0 aliphatic carbocycles. The van der Waals surface area contributed by atoms with E-state index >= 15 is 0 Å². The second-order valence-corrected chi connectivity index (χ2v) is 5.96. The summed E-state index contributed by atoms with van der Waals surface area (Å²) in [6.45, 7) is 2.47. The molecule has 0 saturated carbocycles. The van der Waals surface area contributed by atoms with Gasteiger partial charge in [0.15, 0.2) is 0 Å². The van der Waals surface area contributed by atoms with Crippen molar-refractivity contribution in [2.24, 2.45) is 0 Å². The highest BCUT2D eigenvalue weighted by atomic mass is 79.9. The Morgan fingerprint density at radius 3 is 2.95 bits per heavy atom. The van der Waals surface area contributed by atoms with Crippen LogP contribution in [0.5, 0.6) is 0 Å². The van der Waals surface area contributed by atoms with Gasteiger partial charge < -0.3 is 11.1 Å². The molecule has 19 heavy (non-hydrogen) atoms. The van der Waals surface area contributed by atoms with Crippen LogP contribution >= 0.6 is 27.3 Å². The fourth-order valence-electron chi connectivity index (χ4n) is 1.48. The molecule has 0 bridgehead atoms. The molecule has 0 radical (unpaired) electrons. The van der Waals surface area contributed by atoms with Gasteiger partial charge in [-0.2, -0.15) is 0 Å². The quantitative estimate of drug-likeness (QED) is 0.895. The summed E-state index contributed by atoms with van der Waals surface area (Å²) in [5, 5.41) is 3.67. The Bertz CT molecular complexity index is 599. The van der Waals surface area contributed by atoms with Crippen LogP contribution in [0.3, 0.4) is 0 Å². The minimum absolute atomic E-state index is 0.217. The van der Waals surface area contributed by atoms with Crippen LogP contribution in [0.1, 0.15) is 27.2 Å². The lowest BCUT2D eigenvalue weighted by Gasteiger charge is -2.05. The largest absolute Gasteiger partial charge is 0.383 e. The monoisotopic (exact) mass is 340 g/mol. The van der Waals surface area contributed by atoms with Crippen LogP contribution in [0, 0.1) is 0 Å². The van der Waals surface area contributed by atoms with Gasteiger partial charge in [-0.05, 0) is 28.4 Å². The molecule has 0 aliphatic heterocycles. The lowest BCUT2D eigenvalue weighted by molar-refractivity contribution is 0.0951. The van der Waals surface area contributed by atoms with Gasteiger partial charge in [-0.25, -0.2) is 9.97 Å². The third-order valence-electron chi connectivity index (χ3n) is 2.48. The van der Waals surface area contributed by atoms with Crippen LogP contribution in [0.2, 0.25) is 0 Å². The number of hydrogen-bond acceptors (Lipinski definition) is 5. The van der Waals surface area contributed by atoms with Crippen LogP contribution < -0.4 is 11.1 Å². The highest BCUT2D eigenvalue weighted by Crippen LogP contribution is 2.16. The summed E-state index contributed by atoms with van der Waals surface area (Å²) < 4.78 is 0.717. The minimum Gasteiger partial charge on any atom is -0.383 e. The first-order valence-corrected chi connectivity index (χ1v) is 7.34. The minimum atomic E-state index is -0.250. The number of amides is 1. The Kier molecular flexibility index (Phi) is 4.49. The van der Waals surface area contributed by atoms with E-state index in [1.54, 1.807) is 23.6 Å². The molecule has 3 N–H and O–H groups in total. The molecule has 2 heterocycles. The van der Waals surface area contributed by atoms with E-state index in [0.29, 0.717) is 12.1 Å². The van der Waals surface area contributed by atoms with E-state index in [1.807, 2.05) is 6.20 Å². The maximum Gasteiger partial charge on any atom is 0.255 e. The van der Waals surface area contributed by atoms with E-state index in [1.165, 1.54) is 4.88 Å². The smallest absolute Gasteiger partial charge is 0.255 e. The number of rotatable bonds is 4. The van der Waals surface area contributed by atoms with Gasteiger partial charge in [0.05, 0.1) is 12.1 Å². The second kappa shape index (κ2) is 6.12. The summed E-state index contributed by atoms with van der Waals surface area (Å²) in [6, 6.07) is 1.65. The Labute approximate surface area is 123 Å². The normalized spacial score (nSPS) is 10.4. The Hall–Kier alpha value is -1.47. The molecule has 5 nitrogen and oxygen atoms in total. The van der Waals surface area contributed by atoms with Crippen molar-refractivity contribution < 1.29 is 4.79 Å². The summed E-state index contributed by atoms with van der Waals surface area (Å²) in [4.78, 5) is 21.4. The summed E-state index contributed by atoms with van der Waals surface area (Å²) in [5.74, 6) is -0.0337. The van der Waals surface area contributed by atoms with Gasteiger partial charge in [0.25, 0.3) is 5.91 Å². The average Bonchev–Trinajstić information content (AvgIpc) is 2.87. The van der Waals surface area contributed by atoms with Gasteiger partial charge in [-0.3, -0.25) is 4.79 Å². The number of nitrogens with zero attached hydrogens (tertiary/aromatic N) is 2. The molecule has 2 aromatic rings. The first-order chi connectivity index (χ1) is 9.10. The number of nitrogens with two attached hydrogens (primary N) is 1. The molecule has 0 atom stereocenters. The van der Waals surface area contributed by atoms with Gasteiger partial charge in [-0.15, -0.1) is 11.3 Å². The zero-order valence-electron chi connectivity index (χ0n) is 10.3. The summed E-state index contributed by atoms with van der Waals surface area (Å²) in [6.07, 6.45) is 4.34. The van der Waals surface area contributed by atoms with Crippen molar-refractivity contribution in [2.45, 2.75) is 19.9 Å². The summed E-state index contributed by atoms with van der Waals surface area (Å²) >= 11 is 4.86. The molecule has 0 spiro atoms. The number of carbonyl (C=O) groups is 1. The van der Waals surface area contributed by atoms with Crippen LogP contribution in [0.4, 0.5) is 5.82 Å². The molecule has 0 aromatic carbocycles. The Morgan fingerprint density at radius 1 is 1.47 bits per heavy atom. The number of pyridine rings is 1. The van der Waals surface area contributed by atoms with Crippen LogP contribution in [-0.4, -0.2) is 15.9 Å². The predicted molar refractivity (Wildman–Crippen MR) is 79.0 cm³/mol. The van der Waals surface area contributed by atoms with E-state index in [-0.39, 0.29) is 11.7 Å². The van der Waals surface area contributed by atoms with Crippen LogP contribution in [0.25, 0.3) is 0 Å². The molecule has 1 amide bonds. The number of halogens is 1. The number of anilines is 1. The zero-order chi connectivity index (χ0) is 13.8. The molecule has 0 aliphatic rings. The lowest BCUT2D eigenvalue weighted by atomic mass is 10.2. The second-order valence-electron chi connectivity index (χ2n) is 3.84. The number of carbonyl (C=O) groups excluding carboxylic acids is 1. The molecule has 2 aromatic heterocycles. The fourth-order valence-corrected chi connectivity index (χ4v) is 2.61. The van der Waals surface area contributed by atoms with Crippen molar-refractivity contribution in [3.8, 4) is 0 Å². The van der Waals surface area contributed by atoms with Crippen molar-refractivity contribution in [3.05, 3.63) is 38.4 Å². The van der Waals surface area contributed by atoms with Crippen molar-refractivity contribution in [3.63, 3.8) is 0 Å². The molecule has 100 valence electrons. The van der Waals surface area contributed by atoms with Crippen LogP contribution in [0.15, 0.2) is 22.9 Å². The lowest BCUT2D eigenvalue weighted by Crippen LogP contribution is -2.24. The first-order valence-electron chi connectivity index (χ1n) is 5.73. The van der Waals surface area contributed by atoms with Crippen molar-refractivity contribution in [1.82, 2.24) is 15.3 Å².